The summed E-state index contributed by atoms with van der Waals surface area (Å²) in [6.45, 7) is 1.56. The molecule has 0 radical (unpaired) electrons. The number of aromatic nitrogens is 2. The standard InChI is InChI=1S/C6H9N3O3/c1-4(3-10)8-6(11)5-2-7-12-9-5/h2,4,10H,3H2,1H3,(H,8,11). The van der Waals surface area contributed by atoms with Gasteiger partial charge in [0.05, 0.1) is 6.61 Å². The summed E-state index contributed by atoms with van der Waals surface area (Å²) in [4.78, 5) is 11.1. The Morgan fingerprint density at radius 2 is 2.67 bits per heavy atom. The summed E-state index contributed by atoms with van der Waals surface area (Å²) in [5.41, 5.74) is 0.107. The van der Waals surface area contributed by atoms with Gasteiger partial charge in [0.15, 0.2) is 5.69 Å². The van der Waals surface area contributed by atoms with Gasteiger partial charge < -0.3 is 10.4 Å². The Labute approximate surface area is 68.5 Å². The van der Waals surface area contributed by atoms with E-state index in [4.69, 9.17) is 5.11 Å². The number of aliphatic hydroxyl groups is 1. The van der Waals surface area contributed by atoms with Gasteiger partial charge in [0.1, 0.15) is 6.20 Å². The highest BCUT2D eigenvalue weighted by molar-refractivity contribution is 5.91. The Hall–Kier alpha value is -1.43. The third-order valence-electron chi connectivity index (χ3n) is 1.25. The van der Waals surface area contributed by atoms with E-state index in [2.05, 4.69) is 20.3 Å². The van der Waals surface area contributed by atoms with Crippen molar-refractivity contribution in [1.82, 2.24) is 15.6 Å². The molecule has 0 aliphatic rings. The lowest BCUT2D eigenvalue weighted by Crippen LogP contribution is -2.35. The van der Waals surface area contributed by atoms with Gasteiger partial charge >= 0.3 is 0 Å². The Bertz CT molecular complexity index is 247. The van der Waals surface area contributed by atoms with E-state index in [9.17, 15) is 4.79 Å². The average Bonchev–Trinajstić information content (AvgIpc) is 2.56. The third kappa shape index (κ3) is 2.03. The normalized spacial score (nSPS) is 12.5. The predicted molar refractivity (Wildman–Crippen MR) is 38.3 cm³/mol. The fraction of sp³-hybridized carbons (Fsp3) is 0.500. The summed E-state index contributed by atoms with van der Waals surface area (Å²) in [6, 6.07) is -0.297. The fourth-order valence-corrected chi connectivity index (χ4v) is 0.608. The van der Waals surface area contributed by atoms with Crippen molar-refractivity contribution < 1.29 is 14.5 Å². The van der Waals surface area contributed by atoms with Gasteiger partial charge in [-0.05, 0) is 12.1 Å². The van der Waals surface area contributed by atoms with Gasteiger partial charge in [0, 0.05) is 6.04 Å². The molecule has 1 unspecified atom stereocenters. The highest BCUT2D eigenvalue weighted by Crippen LogP contribution is 1.91. The van der Waals surface area contributed by atoms with Crippen LogP contribution < -0.4 is 5.32 Å². The van der Waals surface area contributed by atoms with E-state index in [1.165, 1.54) is 6.20 Å². The van der Waals surface area contributed by atoms with E-state index in [1.807, 2.05) is 0 Å². The number of aliphatic hydroxyl groups excluding tert-OH is 1. The van der Waals surface area contributed by atoms with Crippen molar-refractivity contribution in [3.05, 3.63) is 11.9 Å². The van der Waals surface area contributed by atoms with Gasteiger partial charge in [-0.15, -0.1) is 0 Å². The lowest BCUT2D eigenvalue weighted by Gasteiger charge is -2.07. The Morgan fingerprint density at radius 3 is 3.17 bits per heavy atom. The molecule has 2 N–H and O–H groups in total. The summed E-state index contributed by atoms with van der Waals surface area (Å²) in [7, 11) is 0. The molecule has 6 nitrogen and oxygen atoms in total. The van der Waals surface area contributed by atoms with Gasteiger partial charge in [-0.2, -0.15) is 0 Å². The van der Waals surface area contributed by atoms with Crippen molar-refractivity contribution in [2.24, 2.45) is 0 Å². The van der Waals surface area contributed by atoms with Gasteiger partial charge in [-0.3, -0.25) is 4.79 Å². The molecular weight excluding hydrogens is 162 g/mol. The molecular formula is C6H9N3O3. The van der Waals surface area contributed by atoms with Crippen molar-refractivity contribution >= 4 is 5.91 Å². The van der Waals surface area contributed by atoms with Crippen molar-refractivity contribution in [3.8, 4) is 0 Å². The van der Waals surface area contributed by atoms with Crippen LogP contribution >= 0.6 is 0 Å². The molecule has 66 valence electrons. The molecule has 0 saturated carbocycles. The molecule has 0 fully saturated rings. The molecule has 1 atom stereocenters. The molecule has 0 aromatic carbocycles. The maximum atomic E-state index is 11.1. The first-order valence-electron chi connectivity index (χ1n) is 3.43. The first kappa shape index (κ1) is 8.66. The number of nitrogens with zero attached hydrogens (tertiary/aromatic N) is 2. The quantitative estimate of drug-likeness (QED) is 0.620. The van der Waals surface area contributed by atoms with E-state index in [0.717, 1.165) is 0 Å². The highest BCUT2D eigenvalue weighted by atomic mass is 16.6. The van der Waals surface area contributed by atoms with Crippen LogP contribution in [0, 0.1) is 0 Å². The molecule has 0 saturated heterocycles. The highest BCUT2D eigenvalue weighted by Gasteiger charge is 2.11. The molecule has 1 rings (SSSR count). The first-order chi connectivity index (χ1) is 5.74. The van der Waals surface area contributed by atoms with Crippen LogP contribution in [0.25, 0.3) is 0 Å². The van der Waals surface area contributed by atoms with Crippen LogP contribution in [-0.4, -0.2) is 34.0 Å². The average molecular weight is 171 g/mol. The van der Waals surface area contributed by atoms with E-state index < -0.39 is 5.91 Å². The minimum atomic E-state index is -0.405. The van der Waals surface area contributed by atoms with Gasteiger partial charge in [-0.1, -0.05) is 5.16 Å². The lowest BCUT2D eigenvalue weighted by atomic mass is 10.3. The zero-order valence-corrected chi connectivity index (χ0v) is 6.52. The van der Waals surface area contributed by atoms with Crippen molar-refractivity contribution in [2.75, 3.05) is 6.61 Å². The van der Waals surface area contributed by atoms with E-state index >= 15 is 0 Å². The Morgan fingerprint density at radius 1 is 1.92 bits per heavy atom. The summed E-state index contributed by atoms with van der Waals surface area (Å²) < 4.78 is 4.23. The smallest absolute Gasteiger partial charge is 0.275 e. The monoisotopic (exact) mass is 171 g/mol. The predicted octanol–water partition coefficient (Wildman–Crippen LogP) is -0.820. The summed E-state index contributed by atoms with van der Waals surface area (Å²) in [6.07, 6.45) is 1.21. The molecule has 1 aromatic rings. The van der Waals surface area contributed by atoms with Crippen LogP contribution in [0.4, 0.5) is 0 Å². The van der Waals surface area contributed by atoms with Crippen molar-refractivity contribution in [3.63, 3.8) is 0 Å². The van der Waals surface area contributed by atoms with Crippen LogP contribution in [0.15, 0.2) is 10.8 Å². The van der Waals surface area contributed by atoms with Gasteiger partial charge in [0.25, 0.3) is 5.91 Å². The number of rotatable bonds is 3. The molecule has 6 heteroatoms. The molecule has 0 bridgehead atoms. The molecule has 1 aromatic heterocycles. The third-order valence-corrected chi connectivity index (χ3v) is 1.25. The number of nitrogens with one attached hydrogen (secondary N) is 1. The number of amides is 1. The van der Waals surface area contributed by atoms with Gasteiger partial charge in [0.2, 0.25) is 0 Å². The molecule has 12 heavy (non-hydrogen) atoms. The van der Waals surface area contributed by atoms with E-state index in [-0.39, 0.29) is 18.3 Å². The molecule has 0 aliphatic carbocycles. The summed E-state index contributed by atoms with van der Waals surface area (Å²) in [5.74, 6) is -0.405. The fourth-order valence-electron chi connectivity index (χ4n) is 0.608. The zero-order chi connectivity index (χ0) is 8.97. The number of carbonyl (C=O) groups excluding carboxylic acids is 1. The first-order valence-corrected chi connectivity index (χ1v) is 3.43. The van der Waals surface area contributed by atoms with Crippen molar-refractivity contribution in [2.45, 2.75) is 13.0 Å². The second kappa shape index (κ2) is 3.82. The minimum absolute atomic E-state index is 0.107. The molecule has 1 heterocycles. The SMILES string of the molecule is CC(CO)NC(=O)c1cnon1. The minimum Gasteiger partial charge on any atom is -0.394 e. The molecule has 1 amide bonds. The lowest BCUT2D eigenvalue weighted by molar-refractivity contribution is 0.0912. The molecule has 0 spiro atoms. The number of hydrogen-bond acceptors (Lipinski definition) is 5. The largest absolute Gasteiger partial charge is 0.394 e. The van der Waals surface area contributed by atoms with Crippen LogP contribution in [0.5, 0.6) is 0 Å². The van der Waals surface area contributed by atoms with Crippen LogP contribution in [0.2, 0.25) is 0 Å². The van der Waals surface area contributed by atoms with E-state index in [1.54, 1.807) is 6.92 Å². The zero-order valence-electron chi connectivity index (χ0n) is 6.52. The maximum absolute atomic E-state index is 11.1. The Kier molecular flexibility index (Phi) is 2.76. The van der Waals surface area contributed by atoms with Gasteiger partial charge in [-0.25, -0.2) is 4.63 Å². The van der Waals surface area contributed by atoms with Crippen molar-refractivity contribution in [1.29, 1.82) is 0 Å². The van der Waals surface area contributed by atoms with E-state index in [0.29, 0.717) is 0 Å². The number of carbonyl (C=O) groups is 1. The van der Waals surface area contributed by atoms with Crippen LogP contribution in [0.1, 0.15) is 17.4 Å². The van der Waals surface area contributed by atoms with Crippen LogP contribution in [0.3, 0.4) is 0 Å². The maximum Gasteiger partial charge on any atom is 0.275 e. The second-order valence-electron chi connectivity index (χ2n) is 2.35. The number of hydrogen-bond donors (Lipinski definition) is 2. The second-order valence-corrected chi connectivity index (χ2v) is 2.35. The summed E-state index contributed by atoms with van der Waals surface area (Å²) in [5, 5.41) is 17.7. The Balaban J connectivity index is 2.50. The topological polar surface area (TPSA) is 88.2 Å². The van der Waals surface area contributed by atoms with Crippen LogP contribution in [-0.2, 0) is 0 Å². The molecule has 0 aliphatic heterocycles. The summed E-state index contributed by atoms with van der Waals surface area (Å²) >= 11 is 0.